The molecule has 2 N–H and O–H groups in total. The summed E-state index contributed by atoms with van der Waals surface area (Å²) in [7, 11) is 3.33. The number of amides is 2. The van der Waals surface area contributed by atoms with Crippen LogP contribution in [0, 0.1) is 16.4 Å². The van der Waals surface area contributed by atoms with Gasteiger partial charge >= 0.3 is 6.03 Å². The van der Waals surface area contributed by atoms with E-state index >= 15 is 0 Å². The van der Waals surface area contributed by atoms with Gasteiger partial charge in [0.15, 0.2) is 4.77 Å². The molecule has 0 fully saturated rings. The van der Waals surface area contributed by atoms with Crippen LogP contribution in [0.3, 0.4) is 0 Å². The van der Waals surface area contributed by atoms with Gasteiger partial charge in [-0.3, -0.25) is 0 Å². The number of benzene rings is 1. The second-order valence-electron chi connectivity index (χ2n) is 6.43. The summed E-state index contributed by atoms with van der Waals surface area (Å²) in [5, 5.41) is 2.81. The molecule has 5 nitrogen and oxygen atoms in total. The lowest BCUT2D eigenvalue weighted by molar-refractivity contribution is 0.216. The Morgan fingerprint density at radius 1 is 1.44 bits per heavy atom. The fourth-order valence-corrected chi connectivity index (χ4v) is 3.61. The Morgan fingerprint density at radius 2 is 2.20 bits per heavy atom. The summed E-state index contributed by atoms with van der Waals surface area (Å²) in [6.07, 6.45) is 3.50. The Bertz CT molecular complexity index is 859. The molecule has 1 aromatic heterocycles. The third-order valence-electron chi connectivity index (χ3n) is 4.52. The van der Waals surface area contributed by atoms with Gasteiger partial charge in [0.05, 0.1) is 12.2 Å². The average Bonchev–Trinajstić information content (AvgIpc) is 2.92. The predicted octanol–water partition coefficient (Wildman–Crippen LogP) is 3.33. The lowest BCUT2D eigenvalue weighted by Gasteiger charge is -2.27. The number of urea groups is 1. The highest BCUT2D eigenvalue weighted by Gasteiger charge is 2.25. The van der Waals surface area contributed by atoms with Crippen LogP contribution in [0.4, 0.5) is 13.6 Å². The van der Waals surface area contributed by atoms with Gasteiger partial charge in [0.1, 0.15) is 11.6 Å². The molecule has 0 bridgehead atoms. The van der Waals surface area contributed by atoms with E-state index in [1.807, 2.05) is 4.57 Å². The van der Waals surface area contributed by atoms with Crippen molar-refractivity contribution < 1.29 is 13.6 Å². The minimum absolute atomic E-state index is 0.00120. The average molecular weight is 366 g/mol. The number of aromatic nitrogens is 2. The van der Waals surface area contributed by atoms with Crippen LogP contribution in [-0.4, -0.2) is 34.6 Å². The topological polar surface area (TPSA) is 53.1 Å². The molecule has 1 atom stereocenters. The monoisotopic (exact) mass is 366 g/mol. The zero-order chi connectivity index (χ0) is 18.1. The van der Waals surface area contributed by atoms with Crippen LogP contribution in [0.25, 0.3) is 0 Å². The number of fused-ring (bicyclic) bond motifs is 1. The Balaban J connectivity index is 1.84. The lowest BCUT2D eigenvalue weighted by atomic mass is 9.87. The van der Waals surface area contributed by atoms with E-state index < -0.39 is 11.6 Å². The molecule has 8 heteroatoms. The van der Waals surface area contributed by atoms with E-state index in [9.17, 15) is 13.6 Å². The van der Waals surface area contributed by atoms with Gasteiger partial charge < -0.3 is 19.8 Å². The molecule has 1 aliphatic rings. The van der Waals surface area contributed by atoms with E-state index in [1.165, 1.54) is 11.0 Å². The normalized spacial score (nSPS) is 16.4. The second kappa shape index (κ2) is 6.95. The number of H-pyrrole nitrogens is 1. The van der Waals surface area contributed by atoms with Gasteiger partial charge in [-0.25, -0.2) is 13.6 Å². The first-order chi connectivity index (χ1) is 11.9. The van der Waals surface area contributed by atoms with Crippen molar-refractivity contribution in [1.29, 1.82) is 0 Å². The second-order valence-corrected chi connectivity index (χ2v) is 6.82. The van der Waals surface area contributed by atoms with Gasteiger partial charge in [0.25, 0.3) is 0 Å². The molecule has 0 spiro atoms. The molecule has 25 heavy (non-hydrogen) atoms. The quantitative estimate of drug-likeness (QED) is 0.819. The van der Waals surface area contributed by atoms with E-state index in [2.05, 4.69) is 10.3 Å². The number of aromatic amines is 1. The summed E-state index contributed by atoms with van der Waals surface area (Å²) >= 11 is 5.37. The molecule has 1 aliphatic carbocycles. The van der Waals surface area contributed by atoms with Crippen molar-refractivity contribution in [3.8, 4) is 0 Å². The fourth-order valence-electron chi connectivity index (χ4n) is 3.28. The molecular weight excluding hydrogens is 346 g/mol. The Labute approximate surface area is 149 Å². The van der Waals surface area contributed by atoms with Gasteiger partial charge in [-0.1, -0.05) is 0 Å². The highest BCUT2D eigenvalue weighted by molar-refractivity contribution is 7.71. The minimum Gasteiger partial charge on any atom is -0.337 e. The summed E-state index contributed by atoms with van der Waals surface area (Å²) in [6, 6.07) is 2.13. The number of imidazole rings is 1. The molecule has 2 aromatic rings. The summed E-state index contributed by atoms with van der Waals surface area (Å²) in [6.45, 7) is 0.324. The number of carbonyl (C=O) groups excluding carboxylic acids is 1. The number of nitrogens with zero attached hydrogens (tertiary/aromatic N) is 2. The molecule has 1 unspecified atom stereocenters. The molecule has 0 saturated heterocycles. The SMILES string of the molecule is CN(C)C(=O)NCc1c[nH]c(=S)n1C1CCc2c(F)cc(F)cc2C1. The van der Waals surface area contributed by atoms with E-state index in [0.29, 0.717) is 41.7 Å². The minimum atomic E-state index is -0.562. The van der Waals surface area contributed by atoms with Crippen molar-refractivity contribution in [2.45, 2.75) is 31.8 Å². The van der Waals surface area contributed by atoms with Crippen LogP contribution in [0.5, 0.6) is 0 Å². The number of hydrogen-bond acceptors (Lipinski definition) is 2. The van der Waals surface area contributed by atoms with Crippen molar-refractivity contribution in [1.82, 2.24) is 19.8 Å². The van der Waals surface area contributed by atoms with Crippen molar-refractivity contribution in [2.24, 2.45) is 0 Å². The number of nitrogens with one attached hydrogen (secondary N) is 2. The first-order valence-electron chi connectivity index (χ1n) is 8.07. The lowest BCUT2D eigenvalue weighted by Crippen LogP contribution is -2.34. The summed E-state index contributed by atoms with van der Waals surface area (Å²) in [5.74, 6) is -1.04. The standard InChI is InChI=1S/C17H20F2N4OS/c1-22(2)16(24)20-8-13-9-21-17(25)23(13)12-3-4-14-10(6-12)5-11(18)7-15(14)19/h5,7,9,12H,3-4,6,8H2,1-2H3,(H,20,24)(H,21,25). The molecule has 0 radical (unpaired) electrons. The maximum absolute atomic E-state index is 13.9. The Morgan fingerprint density at radius 3 is 2.92 bits per heavy atom. The molecule has 3 rings (SSSR count). The van der Waals surface area contributed by atoms with Crippen LogP contribution in [0.1, 0.15) is 29.3 Å². The van der Waals surface area contributed by atoms with E-state index in [4.69, 9.17) is 12.2 Å². The highest BCUT2D eigenvalue weighted by Crippen LogP contribution is 2.32. The number of halogens is 2. The van der Waals surface area contributed by atoms with Crippen molar-refractivity contribution >= 4 is 18.2 Å². The first kappa shape index (κ1) is 17.6. The third kappa shape index (κ3) is 3.58. The van der Waals surface area contributed by atoms with Crippen molar-refractivity contribution in [2.75, 3.05) is 14.1 Å². The Hall–Kier alpha value is -2.22. The summed E-state index contributed by atoms with van der Waals surface area (Å²) < 4.78 is 29.9. The molecule has 1 heterocycles. The summed E-state index contributed by atoms with van der Waals surface area (Å²) in [5.41, 5.74) is 2.10. The van der Waals surface area contributed by atoms with Crippen LogP contribution in [0.15, 0.2) is 18.3 Å². The highest BCUT2D eigenvalue weighted by atomic mass is 32.1. The van der Waals surface area contributed by atoms with E-state index in [-0.39, 0.29) is 12.1 Å². The Kier molecular flexibility index (Phi) is 4.89. The summed E-state index contributed by atoms with van der Waals surface area (Å²) in [4.78, 5) is 16.2. The molecule has 1 aromatic carbocycles. The first-order valence-corrected chi connectivity index (χ1v) is 8.48. The van der Waals surface area contributed by atoms with Gasteiger partial charge in [-0.15, -0.1) is 0 Å². The molecule has 0 saturated carbocycles. The predicted molar refractivity (Wildman–Crippen MR) is 93.0 cm³/mol. The largest absolute Gasteiger partial charge is 0.337 e. The van der Waals surface area contributed by atoms with E-state index in [1.54, 1.807) is 20.3 Å². The maximum Gasteiger partial charge on any atom is 0.317 e. The fraction of sp³-hybridized carbons (Fsp3) is 0.412. The third-order valence-corrected chi connectivity index (χ3v) is 4.83. The molecule has 134 valence electrons. The van der Waals surface area contributed by atoms with Gasteiger partial charge in [0.2, 0.25) is 0 Å². The molecule has 0 aliphatic heterocycles. The van der Waals surface area contributed by atoms with Crippen LogP contribution < -0.4 is 5.32 Å². The van der Waals surface area contributed by atoms with Crippen molar-refractivity contribution in [3.63, 3.8) is 0 Å². The van der Waals surface area contributed by atoms with Crippen molar-refractivity contribution in [3.05, 3.63) is 51.6 Å². The van der Waals surface area contributed by atoms with Gasteiger partial charge in [-0.2, -0.15) is 0 Å². The number of carbonyl (C=O) groups is 1. The number of rotatable bonds is 3. The zero-order valence-electron chi connectivity index (χ0n) is 14.1. The maximum atomic E-state index is 13.9. The number of hydrogen-bond donors (Lipinski definition) is 2. The van der Waals surface area contributed by atoms with E-state index in [0.717, 1.165) is 11.8 Å². The van der Waals surface area contributed by atoms with Crippen LogP contribution in [-0.2, 0) is 19.4 Å². The molecular formula is C17H20F2N4OS. The van der Waals surface area contributed by atoms with Crippen LogP contribution >= 0.6 is 12.2 Å². The molecule has 2 amide bonds. The van der Waals surface area contributed by atoms with Crippen LogP contribution in [0.2, 0.25) is 0 Å². The van der Waals surface area contributed by atoms with Gasteiger partial charge in [-0.05, 0) is 48.7 Å². The zero-order valence-corrected chi connectivity index (χ0v) is 14.9. The smallest absolute Gasteiger partial charge is 0.317 e. The van der Waals surface area contributed by atoms with Gasteiger partial charge in [0, 0.05) is 32.4 Å².